The van der Waals surface area contributed by atoms with Crippen LogP contribution in [0, 0.1) is 11.8 Å². The first kappa shape index (κ1) is 21.1. The zero-order valence-corrected chi connectivity index (χ0v) is 19.9. The van der Waals surface area contributed by atoms with Gasteiger partial charge in [-0.15, -0.1) is 0 Å². The highest BCUT2D eigenvalue weighted by molar-refractivity contribution is 5.99. The van der Waals surface area contributed by atoms with Gasteiger partial charge in [-0.05, 0) is 96.2 Å². The number of ketones is 1. The monoisotopic (exact) mass is 471 g/mol. The molecule has 1 fully saturated rings. The minimum atomic E-state index is -0.0877. The summed E-state index contributed by atoms with van der Waals surface area (Å²) in [5.41, 5.74) is 12.8. The van der Waals surface area contributed by atoms with Crippen molar-refractivity contribution in [1.82, 2.24) is 0 Å². The van der Waals surface area contributed by atoms with E-state index in [1.165, 1.54) is 16.7 Å². The average Bonchev–Trinajstić information content (AvgIpc) is 3.41. The van der Waals surface area contributed by atoms with Gasteiger partial charge in [-0.3, -0.25) is 4.79 Å². The summed E-state index contributed by atoms with van der Waals surface area (Å²) in [6.45, 7) is 2.61. The van der Waals surface area contributed by atoms with E-state index in [-0.39, 0.29) is 31.5 Å². The van der Waals surface area contributed by atoms with Crippen molar-refractivity contribution in [3.05, 3.63) is 51.9 Å². The molecule has 2 unspecified atom stereocenters. The average molecular weight is 472 g/mol. The fourth-order valence-electron chi connectivity index (χ4n) is 6.14. The highest BCUT2D eigenvalue weighted by atomic mass is 16.7. The number of nitrogens with two attached hydrogens (primary N) is 1. The second-order valence-corrected chi connectivity index (χ2v) is 10.3. The fraction of sp³-hybridized carbons (Fsp3) is 0.414. The van der Waals surface area contributed by atoms with E-state index in [4.69, 9.17) is 24.7 Å². The molecule has 1 saturated carbocycles. The van der Waals surface area contributed by atoms with Gasteiger partial charge in [0.2, 0.25) is 13.6 Å². The number of hydrogen-bond acceptors (Lipinski definition) is 6. The lowest BCUT2D eigenvalue weighted by atomic mass is 9.80. The lowest BCUT2D eigenvalue weighted by Crippen LogP contribution is -2.39. The maximum atomic E-state index is 13.2. The van der Waals surface area contributed by atoms with Crippen LogP contribution >= 0.6 is 0 Å². The normalized spacial score (nSPS) is 24.0. The first-order valence-corrected chi connectivity index (χ1v) is 12.6. The van der Waals surface area contributed by atoms with Gasteiger partial charge in [-0.25, -0.2) is 0 Å². The molecule has 5 aliphatic rings. The number of fused-ring (bicyclic) bond motifs is 8. The molecule has 2 N–H and O–H groups in total. The van der Waals surface area contributed by atoms with E-state index in [9.17, 15) is 4.79 Å². The quantitative estimate of drug-likeness (QED) is 0.741. The molecule has 180 valence electrons. The van der Waals surface area contributed by atoms with E-state index in [0.717, 1.165) is 76.7 Å². The van der Waals surface area contributed by atoms with E-state index in [2.05, 4.69) is 31.2 Å². The minimum Gasteiger partial charge on any atom is -0.454 e. The Bertz CT molecular complexity index is 1420. The molecule has 0 amide bonds. The molecule has 6 nitrogen and oxygen atoms in total. The van der Waals surface area contributed by atoms with Gasteiger partial charge in [0.05, 0.1) is 0 Å². The van der Waals surface area contributed by atoms with Gasteiger partial charge in [0.25, 0.3) is 0 Å². The Labute approximate surface area is 204 Å². The number of ether oxygens (including phenoxy) is 4. The molecule has 2 aromatic carbocycles. The standard InChI is InChI=1S/C29H29NO5/c1-15-18-5-6-20(23(30)8-4-17-10-26-27(12-21(17)18)34-13-33-26)22(11-24(31)16-2-3-16)28-19(15)7-9-25-29(28)35-14-32-25/h5,7,9-10,12,16,20,23H,2-4,6,8,11,13-14,30H2,1H3. The minimum absolute atomic E-state index is 0.0453. The molecular formula is C29H29NO5. The molecule has 6 heteroatoms. The van der Waals surface area contributed by atoms with Crippen molar-refractivity contribution in [3.63, 3.8) is 0 Å². The number of aryl methyl sites for hydroxylation is 1. The SMILES string of the molecule is CC1=c2ccc3c(c2=C(CC(=O)C2CC2)C2CC=C1c1cc4c(cc1CCC2N)OCO4)OCO3. The van der Waals surface area contributed by atoms with Crippen molar-refractivity contribution in [3.8, 4) is 23.0 Å². The van der Waals surface area contributed by atoms with Crippen LogP contribution in [0.5, 0.6) is 23.0 Å². The van der Waals surface area contributed by atoms with Gasteiger partial charge in [0.15, 0.2) is 23.0 Å². The van der Waals surface area contributed by atoms with Crippen LogP contribution < -0.4 is 35.1 Å². The van der Waals surface area contributed by atoms with Gasteiger partial charge in [0.1, 0.15) is 5.78 Å². The predicted octanol–water partition coefficient (Wildman–Crippen LogP) is 3.21. The van der Waals surface area contributed by atoms with Crippen LogP contribution in [0.2, 0.25) is 0 Å². The Kier molecular flexibility index (Phi) is 4.75. The summed E-state index contributed by atoms with van der Waals surface area (Å²) >= 11 is 0. The topological polar surface area (TPSA) is 80.0 Å². The molecule has 0 radical (unpaired) electrons. The van der Waals surface area contributed by atoms with Crippen LogP contribution in [0.15, 0.2) is 30.3 Å². The lowest BCUT2D eigenvalue weighted by molar-refractivity contribution is -0.119. The molecule has 2 heterocycles. The van der Waals surface area contributed by atoms with Crippen LogP contribution in [0.25, 0.3) is 16.7 Å². The third-order valence-electron chi connectivity index (χ3n) is 8.24. The molecule has 2 aliphatic heterocycles. The van der Waals surface area contributed by atoms with E-state index in [0.29, 0.717) is 12.2 Å². The number of carbonyl (C=O) groups is 1. The van der Waals surface area contributed by atoms with Gasteiger partial charge in [-0.2, -0.15) is 0 Å². The number of hydrogen-bond donors (Lipinski definition) is 1. The molecule has 3 aliphatic carbocycles. The summed E-state index contributed by atoms with van der Waals surface area (Å²) < 4.78 is 23.3. The number of carbonyl (C=O) groups excluding carboxylic acids is 1. The lowest BCUT2D eigenvalue weighted by Gasteiger charge is -2.27. The number of allylic oxidation sites excluding steroid dienone is 2. The van der Waals surface area contributed by atoms with Crippen molar-refractivity contribution < 1.29 is 23.7 Å². The largest absolute Gasteiger partial charge is 0.454 e. The molecule has 7 rings (SSSR count). The van der Waals surface area contributed by atoms with Gasteiger partial charge in [-0.1, -0.05) is 12.1 Å². The summed E-state index contributed by atoms with van der Waals surface area (Å²) in [6.07, 6.45) is 7.19. The first-order valence-electron chi connectivity index (χ1n) is 12.6. The smallest absolute Gasteiger partial charge is 0.231 e. The second kappa shape index (κ2) is 7.89. The Morgan fingerprint density at radius 1 is 1.00 bits per heavy atom. The van der Waals surface area contributed by atoms with Crippen LogP contribution in [0.4, 0.5) is 0 Å². The van der Waals surface area contributed by atoms with E-state index < -0.39 is 0 Å². The van der Waals surface area contributed by atoms with Crippen LogP contribution in [0.1, 0.15) is 50.2 Å². The van der Waals surface area contributed by atoms with E-state index in [1.807, 2.05) is 6.07 Å². The first-order chi connectivity index (χ1) is 17.1. The molecule has 0 saturated heterocycles. The number of rotatable bonds is 3. The third-order valence-corrected chi connectivity index (χ3v) is 8.24. The van der Waals surface area contributed by atoms with Gasteiger partial charge in [0, 0.05) is 23.6 Å². The maximum Gasteiger partial charge on any atom is 0.231 e. The fourth-order valence-corrected chi connectivity index (χ4v) is 6.14. The van der Waals surface area contributed by atoms with Crippen LogP contribution in [-0.2, 0) is 11.2 Å². The van der Waals surface area contributed by atoms with Gasteiger partial charge < -0.3 is 24.7 Å². The molecular weight excluding hydrogens is 442 g/mol. The summed E-state index contributed by atoms with van der Waals surface area (Å²) in [6, 6.07) is 8.25. The maximum absolute atomic E-state index is 13.2. The summed E-state index contributed by atoms with van der Waals surface area (Å²) in [5, 5.41) is 2.10. The molecule has 2 aromatic rings. The second-order valence-electron chi connectivity index (χ2n) is 10.3. The molecule has 35 heavy (non-hydrogen) atoms. The van der Waals surface area contributed by atoms with Gasteiger partial charge >= 0.3 is 0 Å². The molecule has 2 bridgehead atoms. The summed E-state index contributed by atoms with van der Waals surface area (Å²) in [5.74, 6) is 3.64. The zero-order chi connectivity index (χ0) is 23.7. The predicted molar refractivity (Wildman–Crippen MR) is 132 cm³/mol. The number of benzene rings is 2. The van der Waals surface area contributed by atoms with Crippen molar-refractivity contribution in [2.45, 2.75) is 51.5 Å². The van der Waals surface area contributed by atoms with Crippen LogP contribution in [0.3, 0.4) is 0 Å². The van der Waals surface area contributed by atoms with Crippen molar-refractivity contribution in [2.75, 3.05) is 13.6 Å². The van der Waals surface area contributed by atoms with E-state index in [1.54, 1.807) is 0 Å². The Hall–Kier alpha value is -3.25. The highest BCUT2D eigenvalue weighted by Gasteiger charge is 2.35. The molecule has 0 spiro atoms. The van der Waals surface area contributed by atoms with Crippen molar-refractivity contribution in [1.29, 1.82) is 0 Å². The van der Waals surface area contributed by atoms with Crippen molar-refractivity contribution >= 4 is 22.5 Å². The number of Topliss-reactive ketones (excluding diaryl/α,β-unsaturated/α-hetero) is 1. The third kappa shape index (κ3) is 3.38. The Morgan fingerprint density at radius 2 is 1.77 bits per heavy atom. The van der Waals surface area contributed by atoms with Crippen LogP contribution in [-0.4, -0.2) is 25.4 Å². The zero-order valence-electron chi connectivity index (χ0n) is 19.9. The summed E-state index contributed by atoms with van der Waals surface area (Å²) in [4.78, 5) is 13.2. The molecule has 2 atom stereocenters. The van der Waals surface area contributed by atoms with E-state index >= 15 is 0 Å². The molecule has 0 aromatic heterocycles. The summed E-state index contributed by atoms with van der Waals surface area (Å²) in [7, 11) is 0. The Morgan fingerprint density at radius 3 is 2.60 bits per heavy atom. The van der Waals surface area contributed by atoms with Crippen molar-refractivity contribution in [2.24, 2.45) is 17.6 Å². The highest BCUT2D eigenvalue weighted by Crippen LogP contribution is 2.43. The Balaban J connectivity index is 1.54.